The van der Waals surface area contributed by atoms with Gasteiger partial charge in [0.2, 0.25) is 5.05 Å². The molecule has 0 amide bonds. The van der Waals surface area contributed by atoms with Crippen LogP contribution in [-0.4, -0.2) is 42.2 Å². The third kappa shape index (κ3) is 4.20. The van der Waals surface area contributed by atoms with E-state index in [0.717, 1.165) is 5.56 Å². The van der Waals surface area contributed by atoms with Crippen LogP contribution in [0.1, 0.15) is 5.56 Å². The number of esters is 1. The van der Waals surface area contributed by atoms with E-state index in [9.17, 15) is 9.90 Å². The second-order valence-corrected chi connectivity index (χ2v) is 4.58. The van der Waals surface area contributed by atoms with Crippen molar-refractivity contribution < 1.29 is 14.6 Å². The lowest BCUT2D eigenvalue weighted by atomic mass is 10.1. The van der Waals surface area contributed by atoms with Gasteiger partial charge in [0.1, 0.15) is 0 Å². The minimum absolute atomic E-state index is 0.233. The zero-order chi connectivity index (χ0) is 15.1. The van der Waals surface area contributed by atoms with Crippen molar-refractivity contribution in [2.45, 2.75) is 0 Å². The molecular weight excluding hydrogens is 274 g/mol. The van der Waals surface area contributed by atoms with Crippen LogP contribution in [0.3, 0.4) is 0 Å². The van der Waals surface area contributed by atoms with E-state index in [1.54, 1.807) is 31.1 Å². The normalized spacial score (nSPS) is 11.9. The molecule has 1 aromatic rings. The number of allylic oxidation sites excluding steroid dienone is 2. The van der Waals surface area contributed by atoms with Gasteiger partial charge in [-0.05, 0) is 29.9 Å². The van der Waals surface area contributed by atoms with Crippen molar-refractivity contribution >= 4 is 28.8 Å². The number of carbonyl (C=O) groups is 1. The molecule has 20 heavy (non-hydrogen) atoms. The van der Waals surface area contributed by atoms with E-state index in [2.05, 4.69) is 0 Å². The number of nitrogens with zero attached hydrogens (tertiary/aromatic N) is 1. The molecule has 1 rings (SSSR count). The third-order valence-electron chi connectivity index (χ3n) is 2.60. The number of benzene rings is 1. The molecule has 0 fully saturated rings. The molecule has 0 saturated heterocycles. The molecule has 0 atom stereocenters. The lowest BCUT2D eigenvalue weighted by Gasteiger charge is -2.14. The minimum atomic E-state index is -0.450. The fourth-order valence-electron chi connectivity index (χ4n) is 1.58. The Hall–Kier alpha value is -2.14. The summed E-state index contributed by atoms with van der Waals surface area (Å²) in [5, 5.41) is 9.21. The van der Waals surface area contributed by atoms with E-state index >= 15 is 0 Å². The maximum absolute atomic E-state index is 11.8. The Labute approximate surface area is 124 Å². The second-order valence-electron chi connectivity index (χ2n) is 4.19. The Balaban J connectivity index is 3.25. The van der Waals surface area contributed by atoms with E-state index in [0.29, 0.717) is 11.3 Å². The Morgan fingerprint density at radius 2 is 1.85 bits per heavy atom. The number of methoxy groups -OCH3 is 1. The molecule has 0 aliphatic carbocycles. The monoisotopic (exact) mass is 291 g/mol. The number of ether oxygens (including phenoxy) is 1. The summed E-state index contributed by atoms with van der Waals surface area (Å²) in [5.74, 6) is -0.450. The number of hydrogen-bond donors (Lipinski definition) is 1. The van der Waals surface area contributed by atoms with Gasteiger partial charge in [0, 0.05) is 14.1 Å². The zero-order valence-electron chi connectivity index (χ0n) is 11.7. The van der Waals surface area contributed by atoms with Crippen LogP contribution in [0.2, 0.25) is 0 Å². The maximum Gasteiger partial charge on any atom is 0.338 e. The zero-order valence-corrected chi connectivity index (χ0v) is 12.5. The third-order valence-corrected chi connectivity index (χ3v) is 2.81. The molecule has 0 unspecified atom stereocenters. The lowest BCUT2D eigenvalue weighted by Crippen LogP contribution is -2.17. The summed E-state index contributed by atoms with van der Waals surface area (Å²) in [5.41, 5.74) is 1.57. The van der Waals surface area contributed by atoms with Gasteiger partial charge in [-0.15, -0.1) is 0 Å². The molecule has 0 saturated carbocycles. The van der Waals surface area contributed by atoms with Crippen LogP contribution in [0.25, 0.3) is 5.57 Å². The largest absolute Gasteiger partial charge is 0.497 e. The van der Waals surface area contributed by atoms with Crippen molar-refractivity contribution in [2.24, 2.45) is 0 Å². The van der Waals surface area contributed by atoms with Gasteiger partial charge < -0.3 is 14.7 Å². The first-order valence-corrected chi connectivity index (χ1v) is 6.34. The standard InChI is InChI=1S/C15H17NO3S/c1-16(2)13(15(18)20)10-9-12(14(17)19-3)11-7-5-4-6-8-11/h4-10H,1-3H3,(H,18,20). The first-order valence-electron chi connectivity index (χ1n) is 5.93. The number of rotatable bonds is 5. The van der Waals surface area contributed by atoms with Gasteiger partial charge in [-0.3, -0.25) is 0 Å². The van der Waals surface area contributed by atoms with Gasteiger partial charge in [-0.25, -0.2) is 4.79 Å². The molecule has 0 aromatic heterocycles. The van der Waals surface area contributed by atoms with Crippen LogP contribution < -0.4 is 0 Å². The molecule has 0 aliphatic heterocycles. The number of thiocarbonyl (C=S) groups is 1. The molecular formula is C15H17NO3S. The average Bonchev–Trinajstić information content (AvgIpc) is 2.43. The number of aliphatic hydroxyl groups excluding tert-OH is 1. The highest BCUT2D eigenvalue weighted by molar-refractivity contribution is 7.80. The highest BCUT2D eigenvalue weighted by atomic mass is 32.1. The van der Waals surface area contributed by atoms with Gasteiger partial charge in [0.15, 0.2) is 0 Å². The Morgan fingerprint density at radius 1 is 1.25 bits per heavy atom. The van der Waals surface area contributed by atoms with Crippen molar-refractivity contribution in [1.29, 1.82) is 0 Å². The topological polar surface area (TPSA) is 49.8 Å². The molecule has 106 valence electrons. The summed E-state index contributed by atoms with van der Waals surface area (Å²) in [7, 11) is 4.83. The van der Waals surface area contributed by atoms with Crippen LogP contribution in [-0.2, 0) is 9.53 Å². The molecule has 5 heteroatoms. The fraction of sp³-hybridized carbons (Fsp3) is 0.200. The Bertz CT molecular complexity index is 547. The van der Waals surface area contributed by atoms with E-state index in [-0.39, 0.29) is 5.05 Å². The first kappa shape index (κ1) is 15.9. The van der Waals surface area contributed by atoms with Crippen molar-refractivity contribution in [3.63, 3.8) is 0 Å². The average molecular weight is 291 g/mol. The van der Waals surface area contributed by atoms with Crippen molar-refractivity contribution in [1.82, 2.24) is 4.90 Å². The number of aliphatic hydroxyl groups is 1. The molecule has 1 aromatic carbocycles. The van der Waals surface area contributed by atoms with Gasteiger partial charge in [-0.2, -0.15) is 0 Å². The summed E-state index contributed by atoms with van der Waals surface area (Å²) in [6.45, 7) is 0. The first-order chi connectivity index (χ1) is 9.47. The summed E-state index contributed by atoms with van der Waals surface area (Å²) >= 11 is 4.76. The molecule has 1 N–H and O–H groups in total. The van der Waals surface area contributed by atoms with E-state index in [4.69, 9.17) is 17.0 Å². The van der Waals surface area contributed by atoms with Crippen molar-refractivity contribution in [3.05, 3.63) is 53.7 Å². The number of likely N-dealkylation sites (N-methyl/N-ethyl adjacent to an activating group) is 1. The Morgan fingerprint density at radius 3 is 2.30 bits per heavy atom. The van der Waals surface area contributed by atoms with E-state index < -0.39 is 5.97 Å². The molecule has 0 radical (unpaired) electrons. The van der Waals surface area contributed by atoms with Gasteiger partial charge in [-0.1, -0.05) is 30.3 Å². The van der Waals surface area contributed by atoms with Crippen molar-refractivity contribution in [2.75, 3.05) is 21.2 Å². The van der Waals surface area contributed by atoms with E-state index in [1.165, 1.54) is 7.11 Å². The molecule has 4 nitrogen and oxygen atoms in total. The molecule has 0 spiro atoms. The smallest absolute Gasteiger partial charge is 0.338 e. The highest BCUT2D eigenvalue weighted by Crippen LogP contribution is 2.16. The van der Waals surface area contributed by atoms with Crippen LogP contribution in [0.5, 0.6) is 0 Å². The van der Waals surface area contributed by atoms with Crippen LogP contribution in [0.15, 0.2) is 48.2 Å². The maximum atomic E-state index is 11.8. The summed E-state index contributed by atoms with van der Waals surface area (Å²) in [4.78, 5) is 13.5. The molecule has 0 heterocycles. The highest BCUT2D eigenvalue weighted by Gasteiger charge is 2.12. The Kier molecular flexibility index (Phi) is 5.93. The summed E-state index contributed by atoms with van der Waals surface area (Å²) in [6, 6.07) is 9.15. The van der Waals surface area contributed by atoms with Crippen LogP contribution in [0.4, 0.5) is 0 Å². The van der Waals surface area contributed by atoms with Gasteiger partial charge in [0.05, 0.1) is 18.4 Å². The number of hydrogen-bond acceptors (Lipinski definition) is 4. The lowest BCUT2D eigenvalue weighted by molar-refractivity contribution is -0.133. The van der Waals surface area contributed by atoms with Gasteiger partial charge >= 0.3 is 5.97 Å². The van der Waals surface area contributed by atoms with Crippen LogP contribution >= 0.6 is 12.2 Å². The summed E-state index contributed by atoms with van der Waals surface area (Å²) in [6.07, 6.45) is 3.17. The van der Waals surface area contributed by atoms with E-state index in [1.807, 2.05) is 30.3 Å². The SMILES string of the molecule is COC(=O)C(=CC=C(C(O)=S)N(C)C)c1ccccc1. The molecule has 0 aliphatic rings. The quantitative estimate of drug-likeness (QED) is 0.391. The summed E-state index contributed by atoms with van der Waals surface area (Å²) < 4.78 is 4.77. The second kappa shape index (κ2) is 7.45. The molecule has 0 bridgehead atoms. The minimum Gasteiger partial charge on any atom is -0.497 e. The fourth-order valence-corrected chi connectivity index (χ4v) is 1.83. The van der Waals surface area contributed by atoms with Gasteiger partial charge in [0.25, 0.3) is 0 Å². The predicted molar refractivity (Wildman–Crippen MR) is 83.4 cm³/mol. The van der Waals surface area contributed by atoms with Crippen molar-refractivity contribution in [3.8, 4) is 0 Å². The predicted octanol–water partition coefficient (Wildman–Crippen LogP) is 2.57. The number of carbonyl (C=O) groups excluding carboxylic acids is 1. The van der Waals surface area contributed by atoms with Crippen LogP contribution in [0, 0.1) is 0 Å².